The van der Waals surface area contributed by atoms with E-state index in [1.165, 1.54) is 30.0 Å². The van der Waals surface area contributed by atoms with Crippen LogP contribution in [0.3, 0.4) is 0 Å². The number of alkyl halides is 3. The zero-order valence-electron chi connectivity index (χ0n) is 19.1. The molecule has 0 saturated carbocycles. The summed E-state index contributed by atoms with van der Waals surface area (Å²) < 4.78 is 56.6. The Morgan fingerprint density at radius 2 is 1.86 bits per heavy atom. The van der Waals surface area contributed by atoms with Crippen LogP contribution in [0.25, 0.3) is 0 Å². The van der Waals surface area contributed by atoms with Gasteiger partial charge in [-0.15, -0.1) is 0 Å². The van der Waals surface area contributed by atoms with E-state index in [9.17, 15) is 27.2 Å². The predicted molar refractivity (Wildman–Crippen MR) is 130 cm³/mol. The number of benzene rings is 2. The summed E-state index contributed by atoms with van der Waals surface area (Å²) >= 11 is 13.2. The van der Waals surface area contributed by atoms with Crippen molar-refractivity contribution in [3.63, 3.8) is 0 Å². The smallest absolute Gasteiger partial charge is 0.374 e. The van der Waals surface area contributed by atoms with Crippen molar-refractivity contribution in [2.24, 2.45) is 5.16 Å². The summed E-state index contributed by atoms with van der Waals surface area (Å²) in [5.74, 6) is -0.344. The van der Waals surface area contributed by atoms with Crippen LogP contribution in [-0.4, -0.2) is 46.1 Å². The molecule has 0 N–H and O–H groups in total. The highest BCUT2D eigenvalue weighted by Crippen LogP contribution is 2.50. The number of halogens is 6. The van der Waals surface area contributed by atoms with E-state index in [-0.39, 0.29) is 23.2 Å². The third kappa shape index (κ3) is 4.70. The summed E-state index contributed by atoms with van der Waals surface area (Å²) in [4.78, 5) is 31.6. The minimum absolute atomic E-state index is 0.0263. The maximum Gasteiger partial charge on any atom is 0.435 e. The van der Waals surface area contributed by atoms with Crippen LogP contribution in [0.1, 0.15) is 46.8 Å². The Morgan fingerprint density at radius 3 is 2.39 bits per heavy atom. The first-order valence-electron chi connectivity index (χ1n) is 10.9. The van der Waals surface area contributed by atoms with E-state index < -0.39 is 45.5 Å². The quantitative estimate of drug-likeness (QED) is 0.314. The summed E-state index contributed by atoms with van der Waals surface area (Å²) in [6.45, 7) is 2.96. The number of amides is 2. The number of rotatable bonds is 4. The van der Waals surface area contributed by atoms with Crippen LogP contribution in [0.2, 0.25) is 10.0 Å². The van der Waals surface area contributed by atoms with Crippen LogP contribution < -0.4 is 0 Å². The summed E-state index contributed by atoms with van der Waals surface area (Å²) in [5.41, 5.74) is -2.39. The van der Waals surface area contributed by atoms with Crippen LogP contribution in [0.15, 0.2) is 35.5 Å². The summed E-state index contributed by atoms with van der Waals surface area (Å²) in [5, 5.41) is 2.54. The topological polar surface area (TPSA) is 59.0 Å². The molecule has 192 valence electrons. The maximum absolute atomic E-state index is 14.3. The van der Waals surface area contributed by atoms with Gasteiger partial charge in [-0.1, -0.05) is 34.4 Å². The zero-order valence-corrected chi connectivity index (χ0v) is 21.4. The van der Waals surface area contributed by atoms with Crippen LogP contribution in [0.4, 0.5) is 17.6 Å². The molecular weight excluding hydrogens is 543 g/mol. The minimum Gasteiger partial charge on any atom is -0.374 e. The van der Waals surface area contributed by atoms with Gasteiger partial charge in [0.25, 0.3) is 11.5 Å². The Labute approximate surface area is 218 Å². The third-order valence-electron chi connectivity index (χ3n) is 6.25. The van der Waals surface area contributed by atoms with Crippen molar-refractivity contribution in [1.29, 1.82) is 0 Å². The van der Waals surface area contributed by atoms with Crippen molar-refractivity contribution in [2.75, 3.05) is 11.5 Å². The van der Waals surface area contributed by atoms with Crippen LogP contribution in [0.5, 0.6) is 0 Å². The normalized spacial score (nSPS) is 21.8. The number of carbonyl (C=O) groups is 2. The number of imide groups is 1. The van der Waals surface area contributed by atoms with Gasteiger partial charge in [0.05, 0.1) is 15.8 Å². The van der Waals surface area contributed by atoms with Crippen molar-refractivity contribution in [3.8, 4) is 0 Å². The Hall–Kier alpha value is -2.30. The van der Waals surface area contributed by atoms with Crippen molar-refractivity contribution < 1.29 is 32.0 Å². The molecule has 2 unspecified atom stereocenters. The molecule has 5 nitrogen and oxygen atoms in total. The van der Waals surface area contributed by atoms with Gasteiger partial charge in [-0.3, -0.25) is 14.5 Å². The first kappa shape index (κ1) is 26.8. The van der Waals surface area contributed by atoms with Crippen LogP contribution >= 0.6 is 35.0 Å². The molecule has 2 aromatic carbocycles. The standard InChI is InChI=1S/C24H20Cl2F4N2O3S/c1-12-7-14(3-4-17(12)22(34)32(13(2)33)16-5-6-36-11-16)20-10-23(35-31-20,24(28,29)30)15-8-18(25)21(27)19(26)9-15/h3-4,7-9,16H,5-6,10-11H2,1-2H3. The molecule has 2 aliphatic heterocycles. The number of nitrogens with zero attached hydrogens (tertiary/aromatic N) is 2. The third-order valence-corrected chi connectivity index (χ3v) is 7.95. The summed E-state index contributed by atoms with van der Waals surface area (Å²) in [6.07, 6.45) is -4.95. The van der Waals surface area contributed by atoms with E-state index in [0.29, 0.717) is 23.3 Å². The van der Waals surface area contributed by atoms with Gasteiger partial charge in [-0.05, 0) is 54.5 Å². The Morgan fingerprint density at radius 1 is 1.19 bits per heavy atom. The lowest BCUT2D eigenvalue weighted by molar-refractivity contribution is -0.275. The zero-order chi connectivity index (χ0) is 26.4. The number of hydrogen-bond acceptors (Lipinski definition) is 5. The van der Waals surface area contributed by atoms with Gasteiger partial charge in [0, 0.05) is 36.3 Å². The van der Waals surface area contributed by atoms with Gasteiger partial charge >= 0.3 is 6.18 Å². The second kappa shape index (κ2) is 9.87. The van der Waals surface area contributed by atoms with Gasteiger partial charge < -0.3 is 4.84 Å². The average molecular weight is 563 g/mol. The highest BCUT2D eigenvalue weighted by molar-refractivity contribution is 7.99. The molecule has 0 spiro atoms. The first-order valence-corrected chi connectivity index (χ1v) is 12.8. The van der Waals surface area contributed by atoms with E-state index >= 15 is 0 Å². The minimum atomic E-state index is -4.94. The molecule has 2 atom stereocenters. The van der Waals surface area contributed by atoms with Gasteiger partial charge in [-0.2, -0.15) is 24.9 Å². The fourth-order valence-corrected chi connectivity index (χ4v) is 6.03. The van der Waals surface area contributed by atoms with E-state index in [1.54, 1.807) is 18.7 Å². The number of thioether (sulfide) groups is 1. The maximum atomic E-state index is 14.3. The lowest BCUT2D eigenvalue weighted by atomic mass is 9.86. The molecule has 4 rings (SSSR count). The summed E-state index contributed by atoms with van der Waals surface area (Å²) in [6, 6.07) is 5.88. The lowest BCUT2D eigenvalue weighted by Crippen LogP contribution is -2.44. The Balaban J connectivity index is 1.64. The molecule has 2 aromatic rings. The predicted octanol–water partition coefficient (Wildman–Crippen LogP) is 6.52. The van der Waals surface area contributed by atoms with Crippen molar-refractivity contribution >= 4 is 52.5 Å². The van der Waals surface area contributed by atoms with Gasteiger partial charge in [0.2, 0.25) is 5.91 Å². The van der Waals surface area contributed by atoms with E-state index in [0.717, 1.165) is 17.9 Å². The number of aryl methyl sites for hydroxylation is 1. The first-order chi connectivity index (χ1) is 16.9. The van der Waals surface area contributed by atoms with Crippen LogP contribution in [0, 0.1) is 12.7 Å². The Bertz CT molecular complexity index is 1240. The molecule has 0 bridgehead atoms. The average Bonchev–Trinajstić information content (AvgIpc) is 3.47. The fraction of sp³-hybridized carbons (Fsp3) is 0.375. The molecular formula is C24H20Cl2F4N2O3S. The lowest BCUT2D eigenvalue weighted by Gasteiger charge is -2.29. The molecule has 36 heavy (non-hydrogen) atoms. The molecule has 2 amide bonds. The second-order valence-corrected chi connectivity index (χ2v) is 10.6. The molecule has 1 fully saturated rings. The largest absolute Gasteiger partial charge is 0.435 e. The van der Waals surface area contributed by atoms with Gasteiger partial charge in [0.15, 0.2) is 5.82 Å². The summed E-state index contributed by atoms with van der Waals surface area (Å²) in [7, 11) is 0. The fourth-order valence-electron chi connectivity index (χ4n) is 4.35. The molecule has 12 heteroatoms. The van der Waals surface area contributed by atoms with E-state index in [1.807, 2.05) is 0 Å². The number of hydrogen-bond donors (Lipinski definition) is 0. The SMILES string of the molecule is CC(=O)N(C(=O)c1ccc(C2=NOC(c3cc(Cl)c(F)c(Cl)c3)(C(F)(F)F)C2)cc1C)C1CCSC1. The second-order valence-electron chi connectivity index (χ2n) is 8.63. The highest BCUT2D eigenvalue weighted by atomic mass is 35.5. The van der Waals surface area contributed by atoms with Crippen molar-refractivity contribution in [1.82, 2.24) is 4.90 Å². The molecule has 0 radical (unpaired) electrons. The monoisotopic (exact) mass is 562 g/mol. The van der Waals surface area contributed by atoms with Crippen molar-refractivity contribution in [2.45, 2.75) is 44.5 Å². The molecule has 2 heterocycles. The molecule has 0 aliphatic carbocycles. The van der Waals surface area contributed by atoms with Crippen molar-refractivity contribution in [3.05, 3.63) is 68.4 Å². The Kier molecular flexibility index (Phi) is 7.34. The highest BCUT2D eigenvalue weighted by Gasteiger charge is 2.62. The van der Waals surface area contributed by atoms with Gasteiger partial charge in [-0.25, -0.2) is 4.39 Å². The number of oxime groups is 1. The van der Waals surface area contributed by atoms with Crippen LogP contribution in [-0.2, 0) is 15.2 Å². The molecule has 1 saturated heterocycles. The van der Waals surface area contributed by atoms with Gasteiger partial charge in [0.1, 0.15) is 0 Å². The van der Waals surface area contributed by atoms with E-state index in [2.05, 4.69) is 5.16 Å². The number of carbonyl (C=O) groups excluding carboxylic acids is 2. The van der Waals surface area contributed by atoms with E-state index in [4.69, 9.17) is 28.0 Å². The molecule has 2 aliphatic rings. The molecule has 0 aromatic heterocycles.